The molecule has 1 amide bonds. The molecular formula is C45H84N2O8P+. The third kappa shape index (κ3) is 36.5. The van der Waals surface area contributed by atoms with Crippen LogP contribution in [0.2, 0.25) is 0 Å². The van der Waals surface area contributed by atoms with Gasteiger partial charge in [0.2, 0.25) is 5.91 Å². The van der Waals surface area contributed by atoms with Gasteiger partial charge < -0.3 is 30.0 Å². The summed E-state index contributed by atoms with van der Waals surface area (Å²) in [6, 6.07) is -0.985. The average molecular weight is 812 g/mol. The SMILES string of the molecule is CC/C=C\C/C=C\C/C=C\C/C=C\C[C@@H](O)[C@H](O)CCCC(=O)N[C@@H](COP(=O)(O)OCC[N+](C)(C)C)[C@H](O)/C=C/CCCCCCCCCCCCCCC. The Bertz CT molecular complexity index is 1130. The Labute approximate surface area is 342 Å². The summed E-state index contributed by atoms with van der Waals surface area (Å²) >= 11 is 0. The lowest BCUT2D eigenvalue weighted by molar-refractivity contribution is -0.870. The van der Waals surface area contributed by atoms with Crippen molar-refractivity contribution < 1.29 is 43.1 Å². The molecule has 11 heteroatoms. The number of nitrogens with zero attached hydrogens (tertiary/aromatic N) is 1. The number of rotatable bonds is 38. The fourth-order valence-electron chi connectivity index (χ4n) is 5.83. The number of amides is 1. The van der Waals surface area contributed by atoms with Crippen molar-refractivity contribution in [3.8, 4) is 0 Å². The van der Waals surface area contributed by atoms with Crippen LogP contribution in [-0.4, -0.2) is 95.9 Å². The summed E-state index contributed by atoms with van der Waals surface area (Å²) in [4.78, 5) is 23.1. The second-order valence-corrected chi connectivity index (χ2v) is 17.5. The lowest BCUT2D eigenvalue weighted by Crippen LogP contribution is -2.45. The number of likely N-dealkylation sites (N-methyl/N-ethyl adjacent to an activating group) is 1. The molecule has 0 rings (SSSR count). The highest BCUT2D eigenvalue weighted by Crippen LogP contribution is 2.43. The zero-order valence-corrected chi connectivity index (χ0v) is 37.0. The number of hydrogen-bond donors (Lipinski definition) is 5. The van der Waals surface area contributed by atoms with Gasteiger partial charge in [0.05, 0.1) is 52.1 Å². The third-order valence-corrected chi connectivity index (χ3v) is 10.4. The largest absolute Gasteiger partial charge is 0.472 e. The van der Waals surface area contributed by atoms with Crippen molar-refractivity contribution >= 4 is 13.7 Å². The van der Waals surface area contributed by atoms with E-state index in [0.29, 0.717) is 23.9 Å². The molecule has 0 aromatic carbocycles. The maximum absolute atomic E-state index is 12.9. The molecule has 10 nitrogen and oxygen atoms in total. The van der Waals surface area contributed by atoms with Crippen LogP contribution < -0.4 is 5.32 Å². The van der Waals surface area contributed by atoms with E-state index < -0.39 is 44.7 Å². The fraction of sp³-hybridized carbons (Fsp3) is 0.756. The number of unbranched alkanes of at least 4 members (excludes halogenated alkanes) is 13. The normalized spacial score (nSPS) is 16.1. The number of phosphoric ester groups is 1. The monoisotopic (exact) mass is 812 g/mol. The summed E-state index contributed by atoms with van der Waals surface area (Å²) in [6.45, 7) is 4.44. The van der Waals surface area contributed by atoms with Gasteiger partial charge in [0, 0.05) is 6.42 Å². The Morgan fingerprint density at radius 3 is 1.73 bits per heavy atom. The van der Waals surface area contributed by atoms with Crippen LogP contribution in [0.4, 0.5) is 0 Å². The van der Waals surface area contributed by atoms with E-state index in [0.717, 1.165) is 44.9 Å². The summed E-state index contributed by atoms with van der Waals surface area (Å²) in [5, 5.41) is 34.5. The lowest BCUT2D eigenvalue weighted by atomic mass is 10.0. The first-order valence-corrected chi connectivity index (χ1v) is 23.3. The van der Waals surface area contributed by atoms with E-state index in [1.165, 1.54) is 70.6 Å². The van der Waals surface area contributed by atoms with Crippen LogP contribution in [0.5, 0.6) is 0 Å². The van der Waals surface area contributed by atoms with E-state index in [2.05, 4.69) is 55.6 Å². The molecule has 0 fully saturated rings. The van der Waals surface area contributed by atoms with E-state index in [1.807, 2.05) is 39.4 Å². The fourth-order valence-corrected chi connectivity index (χ4v) is 6.57. The third-order valence-electron chi connectivity index (χ3n) is 9.44. The quantitative estimate of drug-likeness (QED) is 0.0179. The minimum absolute atomic E-state index is 0.00629. The molecule has 0 heterocycles. The lowest BCUT2D eigenvalue weighted by Gasteiger charge is -2.25. The van der Waals surface area contributed by atoms with Crippen molar-refractivity contribution in [1.82, 2.24) is 5.32 Å². The van der Waals surface area contributed by atoms with Gasteiger partial charge in [-0.15, -0.1) is 0 Å². The zero-order chi connectivity index (χ0) is 41.8. The molecule has 0 aromatic heterocycles. The van der Waals surface area contributed by atoms with Crippen molar-refractivity contribution in [2.24, 2.45) is 0 Å². The predicted octanol–water partition coefficient (Wildman–Crippen LogP) is 9.80. The highest BCUT2D eigenvalue weighted by Gasteiger charge is 2.28. The van der Waals surface area contributed by atoms with Gasteiger partial charge >= 0.3 is 7.82 Å². The molecule has 0 aliphatic heterocycles. The smallest absolute Gasteiger partial charge is 0.390 e. The maximum atomic E-state index is 12.9. The Morgan fingerprint density at radius 2 is 1.20 bits per heavy atom. The van der Waals surface area contributed by atoms with Gasteiger partial charge in [0.25, 0.3) is 0 Å². The van der Waals surface area contributed by atoms with Gasteiger partial charge in [0.1, 0.15) is 13.2 Å². The number of aliphatic hydroxyl groups is 3. The molecule has 0 radical (unpaired) electrons. The Hall–Kier alpha value is -1.88. The first-order chi connectivity index (χ1) is 26.8. The average Bonchev–Trinajstić information content (AvgIpc) is 3.14. The number of hydrogen-bond acceptors (Lipinski definition) is 7. The molecular weight excluding hydrogens is 727 g/mol. The molecule has 0 aromatic rings. The van der Waals surface area contributed by atoms with E-state index in [4.69, 9.17) is 9.05 Å². The number of nitrogens with one attached hydrogen (secondary N) is 1. The number of quaternary nitrogens is 1. The molecule has 326 valence electrons. The van der Waals surface area contributed by atoms with Crippen molar-refractivity contribution in [2.75, 3.05) is 40.9 Å². The van der Waals surface area contributed by atoms with E-state index in [9.17, 15) is 29.6 Å². The van der Waals surface area contributed by atoms with Crippen LogP contribution in [0.3, 0.4) is 0 Å². The Morgan fingerprint density at radius 1 is 0.679 bits per heavy atom. The van der Waals surface area contributed by atoms with Crippen molar-refractivity contribution in [3.63, 3.8) is 0 Å². The molecule has 5 atom stereocenters. The number of allylic oxidation sites excluding steroid dienone is 8. The Balaban J connectivity index is 4.73. The second kappa shape index (κ2) is 36.2. The summed E-state index contributed by atoms with van der Waals surface area (Å²) in [6.07, 6.45) is 38.8. The summed E-state index contributed by atoms with van der Waals surface area (Å²) in [5.41, 5.74) is 0. The summed E-state index contributed by atoms with van der Waals surface area (Å²) < 4.78 is 23.4. The minimum Gasteiger partial charge on any atom is -0.390 e. The molecule has 0 spiro atoms. The van der Waals surface area contributed by atoms with Gasteiger partial charge in [-0.3, -0.25) is 13.8 Å². The van der Waals surface area contributed by atoms with Crippen LogP contribution >= 0.6 is 7.82 Å². The number of carbonyl (C=O) groups is 1. The number of aliphatic hydroxyl groups excluding tert-OH is 3. The van der Waals surface area contributed by atoms with Crippen molar-refractivity contribution in [1.29, 1.82) is 0 Å². The van der Waals surface area contributed by atoms with Crippen LogP contribution in [0.1, 0.15) is 155 Å². The number of phosphoric acid groups is 1. The maximum Gasteiger partial charge on any atom is 0.472 e. The van der Waals surface area contributed by atoms with Gasteiger partial charge in [0.15, 0.2) is 0 Å². The van der Waals surface area contributed by atoms with E-state index >= 15 is 0 Å². The topological polar surface area (TPSA) is 146 Å². The summed E-state index contributed by atoms with van der Waals surface area (Å²) in [5.74, 6) is -0.401. The molecule has 5 N–H and O–H groups in total. The van der Waals surface area contributed by atoms with Crippen LogP contribution in [0.15, 0.2) is 60.8 Å². The first-order valence-electron chi connectivity index (χ1n) is 21.8. The Kier molecular flexibility index (Phi) is 35.0. The first kappa shape index (κ1) is 54.1. The molecule has 0 bridgehead atoms. The van der Waals surface area contributed by atoms with Crippen molar-refractivity contribution in [3.05, 3.63) is 60.8 Å². The predicted molar refractivity (Wildman–Crippen MR) is 233 cm³/mol. The van der Waals surface area contributed by atoms with Gasteiger partial charge in [-0.05, 0) is 57.8 Å². The van der Waals surface area contributed by atoms with Crippen LogP contribution in [-0.2, 0) is 18.4 Å². The number of carbonyl (C=O) groups excluding carboxylic acids is 1. The summed E-state index contributed by atoms with van der Waals surface area (Å²) in [7, 11) is 1.38. The van der Waals surface area contributed by atoms with Crippen LogP contribution in [0.25, 0.3) is 0 Å². The molecule has 0 saturated heterocycles. The molecule has 56 heavy (non-hydrogen) atoms. The van der Waals surface area contributed by atoms with Gasteiger partial charge in [-0.1, -0.05) is 152 Å². The van der Waals surface area contributed by atoms with Gasteiger partial charge in [-0.2, -0.15) is 0 Å². The zero-order valence-electron chi connectivity index (χ0n) is 36.1. The second-order valence-electron chi connectivity index (χ2n) is 16.0. The van der Waals surface area contributed by atoms with Crippen LogP contribution in [0, 0.1) is 0 Å². The van der Waals surface area contributed by atoms with E-state index in [1.54, 1.807) is 6.08 Å². The molecule has 1 unspecified atom stereocenters. The molecule has 0 aliphatic carbocycles. The highest BCUT2D eigenvalue weighted by molar-refractivity contribution is 7.47. The highest BCUT2D eigenvalue weighted by atomic mass is 31.2. The van der Waals surface area contributed by atoms with Crippen molar-refractivity contribution in [2.45, 2.75) is 179 Å². The molecule has 0 aliphatic rings. The van der Waals surface area contributed by atoms with E-state index in [-0.39, 0.29) is 19.4 Å². The standard InChI is InChI=1S/C45H83N2O8P/c1-6-8-10-12-14-16-18-20-21-22-24-25-27-29-31-34-42(48)41(40-55-56(52,53)54-39-38-47(3,4)5)46-45(51)37-33-36-44(50)43(49)35-32-30-28-26-23-19-17-15-13-11-9-7-2/h9,11,15,17,23,26,30-32,34,41-44,48-50H,6-8,10,12-14,16,18-22,24-25,27-29,33,35-40H2,1-5H3,(H-,46,51,52,53)/p+1/b11-9-,17-15-,26-23-,32-30-,34-31+/t41-,42+,43+,44+/m0/s1. The molecule has 0 saturated carbocycles. The van der Waals surface area contributed by atoms with Gasteiger partial charge in [-0.25, -0.2) is 4.57 Å². The minimum atomic E-state index is -4.42.